The normalized spacial score (nSPS) is 24.1. The lowest BCUT2D eigenvalue weighted by molar-refractivity contribution is -0.123. The predicted molar refractivity (Wildman–Crippen MR) is 110 cm³/mol. The first-order chi connectivity index (χ1) is 13.6. The summed E-state index contributed by atoms with van der Waals surface area (Å²) in [5.41, 5.74) is 2.19. The molecule has 3 atom stereocenters. The Hall–Kier alpha value is -2.34. The van der Waals surface area contributed by atoms with Crippen molar-refractivity contribution in [3.8, 4) is 0 Å². The summed E-state index contributed by atoms with van der Waals surface area (Å²) in [6.07, 6.45) is 6.78. The van der Waals surface area contributed by atoms with Gasteiger partial charge in [-0.05, 0) is 37.3 Å². The molecule has 1 aromatic carbocycles. The van der Waals surface area contributed by atoms with Crippen molar-refractivity contribution in [1.29, 1.82) is 0 Å². The Balaban J connectivity index is 1.77. The van der Waals surface area contributed by atoms with Gasteiger partial charge in [-0.1, -0.05) is 43.3 Å². The van der Waals surface area contributed by atoms with E-state index in [0.717, 1.165) is 30.4 Å². The highest BCUT2D eigenvalue weighted by Gasteiger charge is 2.51. The molecule has 6 nitrogen and oxygen atoms in total. The molecule has 0 unspecified atom stereocenters. The number of aliphatic hydroxyl groups is 1. The summed E-state index contributed by atoms with van der Waals surface area (Å²) in [5.74, 6) is 0.203. The maximum absolute atomic E-state index is 12.7. The minimum Gasteiger partial charge on any atom is -0.394 e. The molecule has 152 valence electrons. The first-order valence-corrected chi connectivity index (χ1v) is 10.3. The van der Waals surface area contributed by atoms with Crippen LogP contribution in [0.2, 0.25) is 0 Å². The standard InChI is InChI=1S/C22H31N3O3/c1-3-5-15-6-8-16(9-7-15)20-18(13-24-21(27)17-10-11-17)25(19(20)14-26)22(28)23-12-4-2/h3,5-9,17-20,26H,4,10-14H2,1-2H3,(H,23,28)(H,24,27)/b5-3+/t18-,19+,20+/m1/s1. The van der Waals surface area contributed by atoms with E-state index < -0.39 is 0 Å². The summed E-state index contributed by atoms with van der Waals surface area (Å²) in [6.45, 7) is 4.88. The van der Waals surface area contributed by atoms with Crippen molar-refractivity contribution < 1.29 is 14.7 Å². The molecule has 1 saturated heterocycles. The molecule has 1 heterocycles. The van der Waals surface area contributed by atoms with Crippen molar-refractivity contribution in [2.75, 3.05) is 19.7 Å². The molecular weight excluding hydrogens is 354 g/mol. The van der Waals surface area contributed by atoms with Gasteiger partial charge in [0.15, 0.2) is 0 Å². The lowest BCUT2D eigenvalue weighted by Gasteiger charge is -2.54. The molecule has 1 saturated carbocycles. The van der Waals surface area contributed by atoms with Gasteiger partial charge in [-0.25, -0.2) is 4.79 Å². The summed E-state index contributed by atoms with van der Waals surface area (Å²) >= 11 is 0. The van der Waals surface area contributed by atoms with E-state index in [9.17, 15) is 14.7 Å². The molecule has 2 aliphatic rings. The molecule has 1 aliphatic carbocycles. The molecule has 6 heteroatoms. The summed E-state index contributed by atoms with van der Waals surface area (Å²) in [4.78, 5) is 26.5. The summed E-state index contributed by atoms with van der Waals surface area (Å²) in [5, 5.41) is 15.9. The Bertz CT molecular complexity index is 712. The van der Waals surface area contributed by atoms with Crippen molar-refractivity contribution in [2.45, 2.75) is 51.1 Å². The van der Waals surface area contributed by atoms with Gasteiger partial charge in [-0.3, -0.25) is 4.79 Å². The van der Waals surface area contributed by atoms with E-state index >= 15 is 0 Å². The number of hydrogen-bond donors (Lipinski definition) is 3. The van der Waals surface area contributed by atoms with E-state index in [1.165, 1.54) is 0 Å². The fraction of sp³-hybridized carbons (Fsp3) is 0.545. The summed E-state index contributed by atoms with van der Waals surface area (Å²) in [7, 11) is 0. The maximum atomic E-state index is 12.7. The van der Waals surface area contributed by atoms with Crippen molar-refractivity contribution in [2.24, 2.45) is 5.92 Å². The monoisotopic (exact) mass is 385 g/mol. The molecule has 1 aliphatic heterocycles. The average Bonchev–Trinajstić information content (AvgIpc) is 3.52. The summed E-state index contributed by atoms with van der Waals surface area (Å²) < 4.78 is 0. The molecule has 3 N–H and O–H groups in total. The maximum Gasteiger partial charge on any atom is 0.318 e. The predicted octanol–water partition coefficient (Wildman–Crippen LogP) is 2.49. The number of carbonyl (C=O) groups is 2. The number of benzene rings is 1. The zero-order valence-electron chi connectivity index (χ0n) is 16.7. The molecule has 28 heavy (non-hydrogen) atoms. The number of hydrogen-bond acceptors (Lipinski definition) is 3. The van der Waals surface area contributed by atoms with Gasteiger partial charge in [0.2, 0.25) is 5.91 Å². The van der Waals surface area contributed by atoms with Crippen molar-refractivity contribution in [3.05, 3.63) is 41.5 Å². The van der Waals surface area contributed by atoms with Crippen LogP contribution in [-0.2, 0) is 4.79 Å². The topological polar surface area (TPSA) is 81.7 Å². The Morgan fingerprint density at radius 1 is 1.18 bits per heavy atom. The number of nitrogens with zero attached hydrogens (tertiary/aromatic N) is 1. The zero-order valence-corrected chi connectivity index (χ0v) is 16.7. The largest absolute Gasteiger partial charge is 0.394 e. The van der Waals surface area contributed by atoms with Gasteiger partial charge in [0.05, 0.1) is 18.7 Å². The molecule has 3 rings (SSSR count). The third kappa shape index (κ3) is 4.38. The van der Waals surface area contributed by atoms with E-state index in [1.54, 1.807) is 4.90 Å². The van der Waals surface area contributed by atoms with Gasteiger partial charge >= 0.3 is 6.03 Å². The number of allylic oxidation sites excluding steroid dienone is 1. The number of nitrogens with one attached hydrogen (secondary N) is 2. The van der Waals surface area contributed by atoms with Crippen LogP contribution in [0.5, 0.6) is 0 Å². The van der Waals surface area contributed by atoms with Gasteiger partial charge in [0, 0.05) is 24.9 Å². The SMILES string of the molecule is C/C=C/c1ccc([C@H]2[C@@H](CNC(=O)C3CC3)N(C(=O)NCCC)[C@H]2CO)cc1. The molecular formula is C22H31N3O3. The van der Waals surface area contributed by atoms with Crippen molar-refractivity contribution in [1.82, 2.24) is 15.5 Å². The Morgan fingerprint density at radius 3 is 2.46 bits per heavy atom. The molecule has 3 amide bonds. The number of urea groups is 1. The van der Waals surface area contributed by atoms with E-state index in [4.69, 9.17) is 0 Å². The van der Waals surface area contributed by atoms with Crippen molar-refractivity contribution >= 4 is 18.0 Å². The minimum atomic E-state index is -0.285. The second-order valence-corrected chi connectivity index (χ2v) is 7.67. The highest BCUT2D eigenvalue weighted by molar-refractivity contribution is 5.81. The fourth-order valence-corrected chi connectivity index (χ4v) is 3.96. The second kappa shape index (κ2) is 9.24. The van der Waals surface area contributed by atoms with Crippen LogP contribution in [0.25, 0.3) is 6.08 Å². The number of carbonyl (C=O) groups excluding carboxylic acids is 2. The molecule has 1 aromatic rings. The lowest BCUT2D eigenvalue weighted by Crippen LogP contribution is -2.70. The zero-order chi connectivity index (χ0) is 20.1. The van der Waals surface area contributed by atoms with Crippen LogP contribution in [0.1, 0.15) is 50.2 Å². The van der Waals surface area contributed by atoms with Gasteiger partial charge in [0.1, 0.15) is 0 Å². The first kappa shape index (κ1) is 20.4. The van der Waals surface area contributed by atoms with Crippen LogP contribution < -0.4 is 10.6 Å². The van der Waals surface area contributed by atoms with Gasteiger partial charge in [0.25, 0.3) is 0 Å². The molecule has 0 spiro atoms. The second-order valence-electron chi connectivity index (χ2n) is 7.67. The third-order valence-corrected chi connectivity index (χ3v) is 5.61. The average molecular weight is 386 g/mol. The van der Waals surface area contributed by atoms with Crippen LogP contribution in [0.15, 0.2) is 30.3 Å². The molecule has 0 radical (unpaired) electrons. The number of aliphatic hydroxyl groups excluding tert-OH is 1. The van der Waals surface area contributed by atoms with Crippen LogP contribution >= 0.6 is 0 Å². The van der Waals surface area contributed by atoms with E-state index in [0.29, 0.717) is 13.1 Å². The highest BCUT2D eigenvalue weighted by atomic mass is 16.3. The fourth-order valence-electron chi connectivity index (χ4n) is 3.96. The summed E-state index contributed by atoms with van der Waals surface area (Å²) in [6, 6.07) is 7.58. The molecule has 0 aromatic heterocycles. The van der Waals surface area contributed by atoms with E-state index in [-0.39, 0.29) is 42.5 Å². The first-order valence-electron chi connectivity index (χ1n) is 10.3. The van der Waals surface area contributed by atoms with Crippen LogP contribution in [0, 0.1) is 5.92 Å². The number of amides is 3. The van der Waals surface area contributed by atoms with Gasteiger partial charge < -0.3 is 20.6 Å². The van der Waals surface area contributed by atoms with Gasteiger partial charge in [-0.15, -0.1) is 0 Å². The van der Waals surface area contributed by atoms with Gasteiger partial charge in [-0.2, -0.15) is 0 Å². The Morgan fingerprint density at radius 2 is 1.89 bits per heavy atom. The molecule has 0 bridgehead atoms. The van der Waals surface area contributed by atoms with Crippen molar-refractivity contribution in [3.63, 3.8) is 0 Å². The van der Waals surface area contributed by atoms with Crippen LogP contribution in [-0.4, -0.2) is 53.7 Å². The lowest BCUT2D eigenvalue weighted by atomic mass is 9.75. The Kier molecular flexibility index (Phi) is 6.73. The third-order valence-electron chi connectivity index (χ3n) is 5.61. The Labute approximate surface area is 167 Å². The minimum absolute atomic E-state index is 0.00321. The van der Waals surface area contributed by atoms with E-state index in [1.807, 2.05) is 38.1 Å². The van der Waals surface area contributed by atoms with Crippen LogP contribution in [0.4, 0.5) is 4.79 Å². The van der Waals surface area contributed by atoms with Crippen LogP contribution in [0.3, 0.4) is 0 Å². The number of likely N-dealkylation sites (tertiary alicyclic amines) is 1. The molecule has 2 fully saturated rings. The number of rotatable bonds is 8. The van der Waals surface area contributed by atoms with E-state index in [2.05, 4.69) is 22.8 Å². The quantitative estimate of drug-likeness (QED) is 0.643. The smallest absolute Gasteiger partial charge is 0.318 e. The highest BCUT2D eigenvalue weighted by Crippen LogP contribution is 2.40.